The molecule has 0 saturated carbocycles. The van der Waals surface area contributed by atoms with Crippen LogP contribution in [0.1, 0.15) is 24.0 Å². The predicted octanol–water partition coefficient (Wildman–Crippen LogP) is 2.04. The van der Waals surface area contributed by atoms with Gasteiger partial charge in [-0.1, -0.05) is 18.5 Å². The Morgan fingerprint density at radius 1 is 1.59 bits per heavy atom. The highest BCUT2D eigenvalue weighted by molar-refractivity contribution is 6.30. The number of benzene rings is 1. The average molecular weight is 258 g/mol. The van der Waals surface area contributed by atoms with E-state index in [1.807, 2.05) is 6.92 Å². The molecule has 3 N–H and O–H groups in total. The highest BCUT2D eigenvalue weighted by Gasteiger charge is 2.24. The van der Waals surface area contributed by atoms with Crippen LogP contribution in [0.5, 0.6) is 5.75 Å². The Morgan fingerprint density at radius 3 is 2.65 bits per heavy atom. The van der Waals surface area contributed by atoms with Crippen molar-refractivity contribution in [3.05, 3.63) is 28.3 Å². The second-order valence-electron chi connectivity index (χ2n) is 3.67. The van der Waals surface area contributed by atoms with Gasteiger partial charge in [-0.15, -0.1) is 0 Å². The summed E-state index contributed by atoms with van der Waals surface area (Å²) < 4.78 is 5.28. The molecule has 4 nitrogen and oxygen atoms in total. The Bertz CT molecular complexity index is 420. The van der Waals surface area contributed by atoms with Crippen LogP contribution in [0.15, 0.2) is 12.1 Å². The van der Waals surface area contributed by atoms with Crippen LogP contribution in [0.2, 0.25) is 5.02 Å². The number of carboxylic acids is 1. The molecule has 0 amide bonds. The van der Waals surface area contributed by atoms with Gasteiger partial charge in [-0.3, -0.25) is 4.79 Å². The molecular weight excluding hydrogens is 242 g/mol. The number of methoxy groups -OCH3 is 1. The Labute approximate surface area is 105 Å². The molecule has 0 heterocycles. The second-order valence-corrected chi connectivity index (χ2v) is 4.10. The van der Waals surface area contributed by atoms with Crippen LogP contribution in [-0.4, -0.2) is 24.7 Å². The number of rotatable bonds is 5. The monoisotopic (exact) mass is 257 g/mol. The van der Waals surface area contributed by atoms with E-state index in [0.29, 0.717) is 22.8 Å². The van der Waals surface area contributed by atoms with Gasteiger partial charge >= 0.3 is 5.97 Å². The maximum Gasteiger partial charge on any atom is 0.312 e. The molecule has 0 fully saturated rings. The second kappa shape index (κ2) is 5.89. The van der Waals surface area contributed by atoms with E-state index in [1.165, 1.54) is 7.11 Å². The van der Waals surface area contributed by atoms with Gasteiger partial charge in [0.2, 0.25) is 0 Å². The summed E-state index contributed by atoms with van der Waals surface area (Å²) in [5, 5.41) is 9.62. The minimum absolute atomic E-state index is 0.00912. The molecule has 17 heavy (non-hydrogen) atoms. The third-order valence-electron chi connectivity index (χ3n) is 2.65. The normalized spacial score (nSPS) is 12.2. The number of aryl methyl sites for hydroxylation is 1. The third kappa shape index (κ3) is 2.90. The molecule has 5 heteroatoms. The van der Waals surface area contributed by atoms with Crippen LogP contribution < -0.4 is 10.5 Å². The summed E-state index contributed by atoms with van der Waals surface area (Å²) in [6, 6.07) is 3.38. The van der Waals surface area contributed by atoms with Gasteiger partial charge in [-0.2, -0.15) is 0 Å². The topological polar surface area (TPSA) is 72.6 Å². The van der Waals surface area contributed by atoms with Crippen molar-refractivity contribution in [2.45, 2.75) is 19.3 Å². The smallest absolute Gasteiger partial charge is 0.312 e. The first-order valence-corrected chi connectivity index (χ1v) is 5.72. The Hall–Kier alpha value is -1.26. The third-order valence-corrected chi connectivity index (χ3v) is 2.87. The Balaban J connectivity index is 3.39. The number of aliphatic carboxylic acids is 1. The first-order valence-electron chi connectivity index (χ1n) is 5.34. The first-order chi connectivity index (χ1) is 8.04. The molecule has 0 saturated heterocycles. The van der Waals surface area contributed by atoms with Crippen molar-refractivity contribution < 1.29 is 14.6 Å². The van der Waals surface area contributed by atoms with Crippen molar-refractivity contribution in [3.63, 3.8) is 0 Å². The predicted molar refractivity (Wildman–Crippen MR) is 66.8 cm³/mol. The zero-order chi connectivity index (χ0) is 13.0. The number of carboxylic acid groups (broad SMARTS) is 1. The van der Waals surface area contributed by atoms with E-state index < -0.39 is 11.9 Å². The summed E-state index contributed by atoms with van der Waals surface area (Å²) in [6.45, 7) is 1.96. The highest BCUT2D eigenvalue weighted by atomic mass is 35.5. The number of carbonyl (C=O) groups is 1. The molecule has 1 unspecified atom stereocenters. The van der Waals surface area contributed by atoms with Crippen molar-refractivity contribution >= 4 is 17.6 Å². The fourth-order valence-electron chi connectivity index (χ4n) is 1.80. The molecule has 1 aromatic carbocycles. The molecule has 1 aromatic rings. The molecule has 1 atom stereocenters. The molecule has 0 aromatic heterocycles. The van der Waals surface area contributed by atoms with Gasteiger partial charge < -0.3 is 15.6 Å². The Kier molecular flexibility index (Phi) is 4.78. The number of hydrogen-bond donors (Lipinski definition) is 2. The first kappa shape index (κ1) is 13.8. The maximum atomic E-state index is 11.1. The summed E-state index contributed by atoms with van der Waals surface area (Å²) >= 11 is 5.97. The van der Waals surface area contributed by atoms with Gasteiger partial charge in [0.05, 0.1) is 13.0 Å². The van der Waals surface area contributed by atoms with E-state index in [-0.39, 0.29) is 6.54 Å². The van der Waals surface area contributed by atoms with Crippen molar-refractivity contribution in [2.75, 3.05) is 13.7 Å². The fourth-order valence-corrected chi connectivity index (χ4v) is 2.05. The summed E-state index contributed by atoms with van der Waals surface area (Å²) in [5.74, 6) is -1.21. The highest BCUT2D eigenvalue weighted by Crippen LogP contribution is 2.33. The zero-order valence-electron chi connectivity index (χ0n) is 9.87. The molecule has 0 aliphatic carbocycles. The lowest BCUT2D eigenvalue weighted by atomic mass is 9.95. The Morgan fingerprint density at radius 2 is 2.24 bits per heavy atom. The summed E-state index contributed by atoms with van der Waals surface area (Å²) in [6.07, 6.45) is 0.716. The number of nitrogens with two attached hydrogens (primary N) is 1. The molecule has 0 spiro atoms. The molecule has 0 radical (unpaired) electrons. The lowest BCUT2D eigenvalue weighted by Crippen LogP contribution is -2.22. The summed E-state index contributed by atoms with van der Waals surface area (Å²) in [7, 11) is 1.52. The van der Waals surface area contributed by atoms with E-state index in [0.717, 1.165) is 5.56 Å². The molecular formula is C12H16ClNO3. The molecule has 0 bridgehead atoms. The fraction of sp³-hybridized carbons (Fsp3) is 0.417. The van der Waals surface area contributed by atoms with Gasteiger partial charge in [-0.25, -0.2) is 0 Å². The molecule has 1 rings (SSSR count). The van der Waals surface area contributed by atoms with Gasteiger partial charge in [0, 0.05) is 17.1 Å². The van der Waals surface area contributed by atoms with Crippen molar-refractivity contribution in [1.29, 1.82) is 0 Å². The van der Waals surface area contributed by atoms with Crippen molar-refractivity contribution in [2.24, 2.45) is 5.73 Å². The lowest BCUT2D eigenvalue weighted by molar-refractivity contribution is -0.138. The summed E-state index contributed by atoms with van der Waals surface area (Å²) in [4.78, 5) is 11.1. The van der Waals surface area contributed by atoms with Gasteiger partial charge in [-0.05, 0) is 24.1 Å². The van der Waals surface area contributed by atoms with Crippen molar-refractivity contribution in [3.8, 4) is 5.75 Å². The number of ether oxygens (including phenoxy) is 1. The van der Waals surface area contributed by atoms with Crippen LogP contribution in [0.25, 0.3) is 0 Å². The van der Waals surface area contributed by atoms with Gasteiger partial charge in [0.25, 0.3) is 0 Å². The van der Waals surface area contributed by atoms with Crippen molar-refractivity contribution in [1.82, 2.24) is 0 Å². The lowest BCUT2D eigenvalue weighted by Gasteiger charge is -2.17. The number of hydrogen-bond acceptors (Lipinski definition) is 3. The van der Waals surface area contributed by atoms with Gasteiger partial charge in [0.1, 0.15) is 5.75 Å². The SMILES string of the molecule is CCc1cc(Cl)cc(C(CN)C(=O)O)c1OC. The largest absolute Gasteiger partial charge is 0.496 e. The standard InChI is InChI=1S/C12H16ClNO3/c1-3-7-4-8(13)5-9(11(7)17-2)10(6-14)12(15)16/h4-5,10H,3,6,14H2,1-2H3,(H,15,16). The molecule has 94 valence electrons. The zero-order valence-corrected chi connectivity index (χ0v) is 10.6. The quantitative estimate of drug-likeness (QED) is 0.847. The minimum atomic E-state index is -0.977. The van der Waals surface area contributed by atoms with E-state index in [2.05, 4.69) is 0 Å². The van der Waals surface area contributed by atoms with Crippen LogP contribution in [-0.2, 0) is 11.2 Å². The van der Waals surface area contributed by atoms with E-state index in [9.17, 15) is 4.79 Å². The van der Waals surface area contributed by atoms with E-state index >= 15 is 0 Å². The number of halogens is 1. The maximum absolute atomic E-state index is 11.1. The van der Waals surface area contributed by atoms with Crippen LogP contribution in [0.3, 0.4) is 0 Å². The van der Waals surface area contributed by atoms with E-state index in [4.69, 9.17) is 27.2 Å². The van der Waals surface area contributed by atoms with Gasteiger partial charge in [0.15, 0.2) is 0 Å². The van der Waals surface area contributed by atoms with E-state index in [1.54, 1.807) is 12.1 Å². The van der Waals surface area contributed by atoms with Crippen LogP contribution in [0, 0.1) is 0 Å². The average Bonchev–Trinajstić information content (AvgIpc) is 2.28. The minimum Gasteiger partial charge on any atom is -0.496 e. The summed E-state index contributed by atoms with van der Waals surface area (Å²) in [5.41, 5.74) is 6.91. The van der Waals surface area contributed by atoms with Crippen LogP contribution >= 0.6 is 11.6 Å². The van der Waals surface area contributed by atoms with Crippen LogP contribution in [0.4, 0.5) is 0 Å². The molecule has 0 aliphatic rings. The molecule has 0 aliphatic heterocycles.